The largest absolute Gasteiger partial charge is 0.352 e. The van der Waals surface area contributed by atoms with E-state index in [0.717, 1.165) is 24.2 Å². The van der Waals surface area contributed by atoms with E-state index in [9.17, 15) is 9.59 Å². The molecule has 0 aliphatic rings. The number of carbonyl (C=O) groups excluding carboxylic acids is 2. The smallest absolute Gasteiger partial charge is 0.221 e. The van der Waals surface area contributed by atoms with Gasteiger partial charge in [0, 0.05) is 25.6 Å². The Kier molecular flexibility index (Phi) is 9.41. The van der Waals surface area contributed by atoms with Crippen LogP contribution in [0.3, 0.4) is 0 Å². The lowest BCUT2D eigenvalue weighted by molar-refractivity contribution is -0.121. The number of rotatable bonds is 7. The van der Waals surface area contributed by atoms with Crippen LogP contribution in [0.15, 0.2) is 24.3 Å². The zero-order valence-corrected chi connectivity index (χ0v) is 12.7. The number of halogens is 1. The SMILES string of the molecule is CNCCCC(=O)NCc1cccc(NC(C)=O)c1.Cl. The highest BCUT2D eigenvalue weighted by Gasteiger charge is 2.02. The van der Waals surface area contributed by atoms with Gasteiger partial charge in [0.2, 0.25) is 11.8 Å². The molecule has 0 bridgehead atoms. The molecule has 0 atom stereocenters. The molecule has 20 heavy (non-hydrogen) atoms. The molecule has 1 rings (SSSR count). The van der Waals surface area contributed by atoms with Crippen LogP contribution in [0.2, 0.25) is 0 Å². The van der Waals surface area contributed by atoms with Crippen molar-refractivity contribution >= 4 is 29.9 Å². The Bertz CT molecular complexity index is 438. The maximum atomic E-state index is 11.5. The summed E-state index contributed by atoms with van der Waals surface area (Å²) in [7, 11) is 1.87. The zero-order valence-electron chi connectivity index (χ0n) is 11.9. The van der Waals surface area contributed by atoms with Gasteiger partial charge in [0.15, 0.2) is 0 Å². The fourth-order valence-electron chi connectivity index (χ4n) is 1.68. The van der Waals surface area contributed by atoms with Gasteiger partial charge in [-0.15, -0.1) is 12.4 Å². The number of benzene rings is 1. The van der Waals surface area contributed by atoms with E-state index in [2.05, 4.69) is 16.0 Å². The van der Waals surface area contributed by atoms with Crippen LogP contribution in [0.25, 0.3) is 0 Å². The monoisotopic (exact) mass is 299 g/mol. The fourth-order valence-corrected chi connectivity index (χ4v) is 1.68. The van der Waals surface area contributed by atoms with Crippen molar-refractivity contribution in [1.82, 2.24) is 10.6 Å². The molecule has 1 aromatic carbocycles. The number of anilines is 1. The second-order valence-corrected chi connectivity index (χ2v) is 4.37. The van der Waals surface area contributed by atoms with Crippen molar-refractivity contribution < 1.29 is 9.59 Å². The second-order valence-electron chi connectivity index (χ2n) is 4.37. The maximum Gasteiger partial charge on any atom is 0.221 e. The highest BCUT2D eigenvalue weighted by Crippen LogP contribution is 2.10. The molecule has 0 saturated carbocycles. The van der Waals surface area contributed by atoms with Crippen molar-refractivity contribution in [2.24, 2.45) is 0 Å². The maximum absolute atomic E-state index is 11.5. The van der Waals surface area contributed by atoms with E-state index >= 15 is 0 Å². The van der Waals surface area contributed by atoms with Gasteiger partial charge in [-0.3, -0.25) is 9.59 Å². The molecule has 6 heteroatoms. The summed E-state index contributed by atoms with van der Waals surface area (Å²) in [6.07, 6.45) is 1.35. The van der Waals surface area contributed by atoms with Crippen molar-refractivity contribution in [3.8, 4) is 0 Å². The van der Waals surface area contributed by atoms with Crippen molar-refractivity contribution in [1.29, 1.82) is 0 Å². The van der Waals surface area contributed by atoms with E-state index in [4.69, 9.17) is 0 Å². The van der Waals surface area contributed by atoms with Crippen LogP contribution in [-0.2, 0) is 16.1 Å². The lowest BCUT2D eigenvalue weighted by atomic mass is 10.2. The van der Waals surface area contributed by atoms with E-state index < -0.39 is 0 Å². The first-order chi connectivity index (χ1) is 9.11. The zero-order chi connectivity index (χ0) is 14.1. The molecule has 5 nitrogen and oxygen atoms in total. The Balaban J connectivity index is 0.00000361. The average molecular weight is 300 g/mol. The Morgan fingerprint density at radius 2 is 2.00 bits per heavy atom. The number of hydrogen-bond acceptors (Lipinski definition) is 3. The van der Waals surface area contributed by atoms with Crippen molar-refractivity contribution in [3.63, 3.8) is 0 Å². The minimum absolute atomic E-state index is 0. The van der Waals surface area contributed by atoms with Crippen LogP contribution in [0.4, 0.5) is 5.69 Å². The van der Waals surface area contributed by atoms with Crippen molar-refractivity contribution in [3.05, 3.63) is 29.8 Å². The predicted molar refractivity (Wildman–Crippen MR) is 83.0 cm³/mol. The third kappa shape index (κ3) is 7.76. The Morgan fingerprint density at radius 3 is 2.65 bits per heavy atom. The molecule has 3 N–H and O–H groups in total. The van der Waals surface area contributed by atoms with Crippen LogP contribution in [-0.4, -0.2) is 25.4 Å². The fraction of sp³-hybridized carbons (Fsp3) is 0.429. The first-order valence-corrected chi connectivity index (χ1v) is 6.39. The van der Waals surface area contributed by atoms with Gasteiger partial charge in [0.25, 0.3) is 0 Å². The van der Waals surface area contributed by atoms with E-state index in [-0.39, 0.29) is 24.2 Å². The van der Waals surface area contributed by atoms with E-state index in [1.54, 1.807) is 0 Å². The second kappa shape index (κ2) is 10.2. The number of carbonyl (C=O) groups is 2. The molecule has 2 amide bonds. The molecule has 0 radical (unpaired) electrons. The Hall–Kier alpha value is -1.59. The van der Waals surface area contributed by atoms with Crippen molar-refractivity contribution in [2.45, 2.75) is 26.3 Å². The van der Waals surface area contributed by atoms with Gasteiger partial charge in [0.1, 0.15) is 0 Å². The van der Waals surface area contributed by atoms with Crippen LogP contribution in [0.5, 0.6) is 0 Å². The van der Waals surface area contributed by atoms with Gasteiger partial charge in [-0.1, -0.05) is 12.1 Å². The summed E-state index contributed by atoms with van der Waals surface area (Å²) in [6, 6.07) is 7.45. The Labute approximate surface area is 125 Å². The normalized spacial score (nSPS) is 9.50. The van der Waals surface area contributed by atoms with Crippen LogP contribution in [0, 0.1) is 0 Å². The number of hydrogen-bond donors (Lipinski definition) is 3. The molecular formula is C14H22ClN3O2. The van der Waals surface area contributed by atoms with Gasteiger partial charge in [0.05, 0.1) is 0 Å². The molecule has 0 aliphatic heterocycles. The lowest BCUT2D eigenvalue weighted by Crippen LogP contribution is -2.23. The highest BCUT2D eigenvalue weighted by atomic mass is 35.5. The summed E-state index contributed by atoms with van der Waals surface area (Å²) < 4.78 is 0. The molecule has 0 aliphatic carbocycles. The summed E-state index contributed by atoms with van der Waals surface area (Å²) in [6.45, 7) is 2.79. The van der Waals surface area contributed by atoms with Gasteiger partial charge in [-0.2, -0.15) is 0 Å². The molecule has 0 unspecified atom stereocenters. The first-order valence-electron chi connectivity index (χ1n) is 6.39. The van der Waals surface area contributed by atoms with Crippen molar-refractivity contribution in [2.75, 3.05) is 18.9 Å². The summed E-state index contributed by atoms with van der Waals surface area (Å²) >= 11 is 0. The third-order valence-electron chi connectivity index (χ3n) is 2.57. The summed E-state index contributed by atoms with van der Waals surface area (Å²) in [5, 5.41) is 8.58. The van der Waals surface area contributed by atoms with Gasteiger partial charge in [-0.25, -0.2) is 0 Å². The standard InChI is InChI=1S/C14H21N3O2.ClH/c1-11(18)17-13-6-3-5-12(9-13)10-16-14(19)7-4-8-15-2;/h3,5-6,9,15H,4,7-8,10H2,1-2H3,(H,16,19)(H,17,18);1H. The van der Waals surface area contributed by atoms with Crippen LogP contribution in [0.1, 0.15) is 25.3 Å². The predicted octanol–water partition coefficient (Wildman–Crippen LogP) is 1.68. The topological polar surface area (TPSA) is 70.2 Å². The number of nitrogens with one attached hydrogen (secondary N) is 3. The molecule has 1 aromatic rings. The van der Waals surface area contributed by atoms with Gasteiger partial charge < -0.3 is 16.0 Å². The summed E-state index contributed by atoms with van der Waals surface area (Å²) in [5.74, 6) is -0.0616. The molecule has 0 spiro atoms. The highest BCUT2D eigenvalue weighted by molar-refractivity contribution is 5.88. The van der Waals surface area contributed by atoms with E-state index in [1.165, 1.54) is 6.92 Å². The number of amides is 2. The first kappa shape index (κ1) is 18.4. The molecule has 0 fully saturated rings. The average Bonchev–Trinajstić information content (AvgIpc) is 2.36. The van der Waals surface area contributed by atoms with E-state index in [1.807, 2.05) is 31.3 Å². The molecule has 0 heterocycles. The minimum Gasteiger partial charge on any atom is -0.352 e. The Morgan fingerprint density at radius 1 is 1.25 bits per heavy atom. The van der Waals surface area contributed by atoms with Crippen LogP contribution < -0.4 is 16.0 Å². The molecule has 0 aromatic heterocycles. The van der Waals surface area contributed by atoms with Crippen LogP contribution >= 0.6 is 12.4 Å². The molecular weight excluding hydrogens is 278 g/mol. The van der Waals surface area contributed by atoms with Gasteiger partial charge in [-0.05, 0) is 37.7 Å². The minimum atomic E-state index is -0.103. The molecule has 0 saturated heterocycles. The van der Waals surface area contributed by atoms with Gasteiger partial charge >= 0.3 is 0 Å². The lowest BCUT2D eigenvalue weighted by Gasteiger charge is -2.07. The third-order valence-corrected chi connectivity index (χ3v) is 2.57. The summed E-state index contributed by atoms with van der Waals surface area (Å²) in [5.41, 5.74) is 1.71. The molecule has 112 valence electrons. The summed E-state index contributed by atoms with van der Waals surface area (Å²) in [4.78, 5) is 22.5. The van der Waals surface area contributed by atoms with E-state index in [0.29, 0.717) is 13.0 Å². The quantitative estimate of drug-likeness (QED) is 0.671.